The van der Waals surface area contributed by atoms with Crippen molar-refractivity contribution in [1.82, 2.24) is 15.0 Å². The lowest BCUT2D eigenvalue weighted by Crippen LogP contribution is -2.11. The van der Waals surface area contributed by atoms with Crippen molar-refractivity contribution in [3.63, 3.8) is 0 Å². The zero-order valence-corrected chi connectivity index (χ0v) is 10.4. The summed E-state index contributed by atoms with van der Waals surface area (Å²) in [4.78, 5) is 21.2. The monoisotopic (exact) mass is 307 g/mol. The molecule has 2 rings (SSSR count). The number of aromatic nitrogens is 3. The number of pyridine rings is 1. The molecule has 1 N–H and O–H groups in total. The molecule has 2 aromatic rings. The second-order valence-corrected chi connectivity index (χ2v) is 4.53. The van der Waals surface area contributed by atoms with Crippen LogP contribution in [0.1, 0.15) is 5.56 Å². The van der Waals surface area contributed by atoms with E-state index in [1.54, 1.807) is 0 Å². The maximum absolute atomic E-state index is 13.1. The van der Waals surface area contributed by atoms with E-state index in [0.717, 1.165) is 12.4 Å². The highest BCUT2D eigenvalue weighted by molar-refractivity contribution is 9.10. The molecule has 1 atom stereocenters. The Hall–Kier alpha value is -0.940. The Morgan fingerprint density at radius 1 is 1.50 bits per heavy atom. The molecule has 4 nitrogen and oxygen atoms in total. The summed E-state index contributed by atoms with van der Waals surface area (Å²) in [6.07, 6.45) is 1.14. The van der Waals surface area contributed by atoms with Gasteiger partial charge >= 0.3 is 0 Å². The first-order chi connectivity index (χ1) is 7.39. The van der Waals surface area contributed by atoms with E-state index < -0.39 is 11.2 Å². The predicted molar refractivity (Wildman–Crippen MR) is 61.5 cm³/mol. The van der Waals surface area contributed by atoms with Gasteiger partial charge in [0.1, 0.15) is 4.60 Å². The van der Waals surface area contributed by atoms with Gasteiger partial charge in [0.2, 0.25) is 0 Å². The molecule has 2 heterocycles. The summed E-state index contributed by atoms with van der Waals surface area (Å²) >= 11 is 2.90. The van der Waals surface area contributed by atoms with Crippen molar-refractivity contribution in [2.45, 2.75) is 5.66 Å². The van der Waals surface area contributed by atoms with Gasteiger partial charge in [0, 0.05) is 0 Å². The number of H-pyrrole nitrogens is 1. The van der Waals surface area contributed by atoms with Crippen molar-refractivity contribution in [3.8, 4) is 0 Å². The van der Waals surface area contributed by atoms with Gasteiger partial charge < -0.3 is 4.98 Å². The fourth-order valence-corrected chi connectivity index (χ4v) is 2.20. The van der Waals surface area contributed by atoms with E-state index in [1.165, 1.54) is 9.24 Å². The van der Waals surface area contributed by atoms with Crippen molar-refractivity contribution in [2.75, 3.05) is 0 Å². The average molecular weight is 308 g/mol. The Balaban J connectivity index is 2.83. The Labute approximate surface area is 98.8 Å². The molecular weight excluding hydrogens is 303 g/mol. The topological polar surface area (TPSA) is 58.6 Å². The first-order valence-corrected chi connectivity index (χ1v) is 5.48. The number of fused-ring (bicyclic) bond motifs is 1. The number of hydrogen-bond acceptors (Lipinski definition) is 3. The van der Waals surface area contributed by atoms with Crippen LogP contribution >= 0.6 is 25.2 Å². The number of nitrogens with zero attached hydrogens (tertiary/aromatic N) is 2. The number of nitrogens with one attached hydrogen (secondary N) is 1. The number of alkyl halides is 2. The van der Waals surface area contributed by atoms with Crippen molar-refractivity contribution >= 4 is 36.2 Å². The molecule has 0 aliphatic heterocycles. The third kappa shape index (κ3) is 1.97. The molecule has 8 heteroatoms. The summed E-state index contributed by atoms with van der Waals surface area (Å²) in [6.45, 7) is 0. The highest BCUT2D eigenvalue weighted by Crippen LogP contribution is 2.38. The normalized spacial score (nSPS) is 12.0. The standard InChI is InChI=1S/C8H5BrF2N3OP/c9-6-3(8(10,11)16)1-4-5(14-6)7(15)13-2-12-4/h1-2H,16H2,(H,12,13,15). The zero-order valence-electron chi connectivity index (χ0n) is 7.67. The minimum absolute atomic E-state index is 0.0207. The Morgan fingerprint density at radius 2 is 2.19 bits per heavy atom. The minimum Gasteiger partial charge on any atom is -0.311 e. The largest absolute Gasteiger partial charge is 0.311 e. The van der Waals surface area contributed by atoms with Gasteiger partial charge in [0.05, 0.1) is 17.4 Å². The fourth-order valence-electron chi connectivity index (χ4n) is 1.21. The number of hydrogen-bond donors (Lipinski definition) is 1. The number of halogens is 3. The summed E-state index contributed by atoms with van der Waals surface area (Å²) in [5.41, 5.74) is -3.77. The van der Waals surface area contributed by atoms with Crippen LogP contribution in [0.3, 0.4) is 0 Å². The summed E-state index contributed by atoms with van der Waals surface area (Å²) in [5, 5.41) is 0. The summed E-state index contributed by atoms with van der Waals surface area (Å²) in [7, 11) is 1.41. The van der Waals surface area contributed by atoms with E-state index in [9.17, 15) is 13.6 Å². The van der Waals surface area contributed by atoms with E-state index in [0.29, 0.717) is 0 Å². The number of rotatable bonds is 1. The van der Waals surface area contributed by atoms with E-state index in [4.69, 9.17) is 0 Å². The van der Waals surface area contributed by atoms with Gasteiger partial charge in [0.15, 0.2) is 5.52 Å². The molecule has 0 bridgehead atoms. The summed E-state index contributed by atoms with van der Waals surface area (Å²) < 4.78 is 26.2. The fraction of sp³-hybridized carbons (Fsp3) is 0.125. The predicted octanol–water partition coefficient (Wildman–Crippen LogP) is 2.00. The lowest BCUT2D eigenvalue weighted by molar-refractivity contribution is 0.103. The van der Waals surface area contributed by atoms with Crippen LogP contribution in [0.4, 0.5) is 8.78 Å². The van der Waals surface area contributed by atoms with E-state index in [1.807, 2.05) is 0 Å². The molecule has 0 spiro atoms. The van der Waals surface area contributed by atoms with Crippen LogP contribution in [0.2, 0.25) is 0 Å². The highest BCUT2D eigenvalue weighted by Gasteiger charge is 2.29. The first kappa shape index (κ1) is 11.5. The molecule has 0 saturated carbocycles. The second kappa shape index (κ2) is 3.82. The first-order valence-electron chi connectivity index (χ1n) is 4.10. The molecule has 16 heavy (non-hydrogen) atoms. The lowest BCUT2D eigenvalue weighted by Gasteiger charge is -2.12. The van der Waals surface area contributed by atoms with Gasteiger partial charge in [-0.2, -0.15) is 8.78 Å². The molecule has 0 aromatic carbocycles. The highest BCUT2D eigenvalue weighted by atomic mass is 79.9. The van der Waals surface area contributed by atoms with Gasteiger partial charge in [-0.25, -0.2) is 9.97 Å². The third-order valence-electron chi connectivity index (χ3n) is 1.93. The van der Waals surface area contributed by atoms with Crippen LogP contribution in [-0.2, 0) is 5.66 Å². The lowest BCUT2D eigenvalue weighted by atomic mass is 10.2. The van der Waals surface area contributed by atoms with Crippen molar-refractivity contribution in [1.29, 1.82) is 0 Å². The summed E-state index contributed by atoms with van der Waals surface area (Å²) in [6, 6.07) is 1.13. The van der Waals surface area contributed by atoms with Crippen LogP contribution in [0.15, 0.2) is 21.8 Å². The average Bonchev–Trinajstić information content (AvgIpc) is 2.17. The summed E-state index contributed by atoms with van der Waals surface area (Å²) in [5.74, 6) is 0. The molecule has 0 aliphatic carbocycles. The molecule has 0 aliphatic rings. The van der Waals surface area contributed by atoms with E-state index in [2.05, 4.69) is 30.9 Å². The van der Waals surface area contributed by atoms with Crippen LogP contribution in [-0.4, -0.2) is 15.0 Å². The minimum atomic E-state index is -3.12. The van der Waals surface area contributed by atoms with E-state index >= 15 is 0 Å². The Bertz CT molecular complexity index is 610. The second-order valence-electron chi connectivity index (χ2n) is 3.05. The maximum atomic E-state index is 13.1. The van der Waals surface area contributed by atoms with Crippen LogP contribution in [0.25, 0.3) is 11.0 Å². The van der Waals surface area contributed by atoms with E-state index in [-0.39, 0.29) is 21.2 Å². The zero-order chi connectivity index (χ0) is 11.9. The van der Waals surface area contributed by atoms with Gasteiger partial charge in [-0.3, -0.25) is 4.79 Å². The van der Waals surface area contributed by atoms with Crippen molar-refractivity contribution in [3.05, 3.63) is 32.9 Å². The Morgan fingerprint density at radius 3 is 2.81 bits per heavy atom. The molecule has 0 amide bonds. The SMILES string of the molecule is O=c1[nH]cnc2cc(C(F)(F)P)c(Br)nc12. The molecule has 84 valence electrons. The molecular formula is C8H5BrF2N3OP. The van der Waals surface area contributed by atoms with Crippen LogP contribution in [0, 0.1) is 0 Å². The van der Waals surface area contributed by atoms with Crippen LogP contribution in [0.5, 0.6) is 0 Å². The molecule has 2 aromatic heterocycles. The molecule has 0 saturated heterocycles. The smallest absolute Gasteiger partial charge is 0.286 e. The molecule has 1 unspecified atom stereocenters. The maximum Gasteiger partial charge on any atom is 0.286 e. The quantitative estimate of drug-likeness (QED) is 0.647. The van der Waals surface area contributed by atoms with Crippen LogP contribution < -0.4 is 5.56 Å². The van der Waals surface area contributed by atoms with Crippen molar-refractivity contribution in [2.24, 2.45) is 0 Å². The van der Waals surface area contributed by atoms with Gasteiger partial charge in [-0.15, -0.1) is 0 Å². The Kier molecular flexibility index (Phi) is 2.75. The third-order valence-corrected chi connectivity index (χ3v) is 2.84. The van der Waals surface area contributed by atoms with Gasteiger partial charge in [-0.05, 0) is 22.0 Å². The van der Waals surface area contributed by atoms with Gasteiger partial charge in [0.25, 0.3) is 11.2 Å². The van der Waals surface area contributed by atoms with Gasteiger partial charge in [-0.1, -0.05) is 9.24 Å². The number of aromatic amines is 1. The molecule has 0 fully saturated rings. The van der Waals surface area contributed by atoms with Crippen molar-refractivity contribution < 1.29 is 8.78 Å². The molecule has 0 radical (unpaired) electrons.